The van der Waals surface area contributed by atoms with Gasteiger partial charge in [0.2, 0.25) is 5.95 Å². The third-order valence-electron chi connectivity index (χ3n) is 4.58. The lowest BCUT2D eigenvalue weighted by Gasteiger charge is -2.19. The van der Waals surface area contributed by atoms with Gasteiger partial charge >= 0.3 is 0 Å². The van der Waals surface area contributed by atoms with Crippen LogP contribution >= 0.6 is 0 Å². The highest BCUT2D eigenvalue weighted by atomic mass is 16.5. The monoisotopic (exact) mass is 343 g/mol. The minimum Gasteiger partial charge on any atom is -0.484 e. The van der Waals surface area contributed by atoms with E-state index in [0.29, 0.717) is 17.6 Å². The van der Waals surface area contributed by atoms with Crippen LogP contribution in [-0.4, -0.2) is 40.4 Å². The summed E-state index contributed by atoms with van der Waals surface area (Å²) >= 11 is 0. The first-order chi connectivity index (χ1) is 12.0. The Bertz CT molecular complexity index is 750. The number of nitrogens with zero attached hydrogens (tertiary/aromatic N) is 3. The Balaban J connectivity index is 1.57. The number of hydrogen-bond donors (Lipinski definition) is 2. The lowest BCUT2D eigenvalue weighted by Crippen LogP contribution is -2.27. The Morgan fingerprint density at radius 1 is 1.32 bits per heavy atom. The average molecular weight is 343 g/mol. The first-order valence-electron chi connectivity index (χ1n) is 8.64. The van der Waals surface area contributed by atoms with Crippen molar-refractivity contribution in [2.75, 3.05) is 25.0 Å². The van der Waals surface area contributed by atoms with E-state index in [1.54, 1.807) is 11.7 Å². The van der Waals surface area contributed by atoms with Crippen molar-refractivity contribution in [3.63, 3.8) is 0 Å². The predicted molar refractivity (Wildman–Crippen MR) is 95.9 cm³/mol. The molecule has 1 aromatic carbocycles. The van der Waals surface area contributed by atoms with E-state index in [0.717, 1.165) is 37.3 Å². The number of carbonyl (C=O) groups is 1. The number of piperidine rings is 1. The van der Waals surface area contributed by atoms with Crippen LogP contribution in [0.3, 0.4) is 0 Å². The fourth-order valence-corrected chi connectivity index (χ4v) is 2.88. The molecule has 1 saturated heterocycles. The Kier molecular flexibility index (Phi) is 5.33. The van der Waals surface area contributed by atoms with Gasteiger partial charge in [-0.15, -0.1) is 0 Å². The summed E-state index contributed by atoms with van der Waals surface area (Å²) in [5, 5.41) is 10.6. The number of amides is 1. The van der Waals surface area contributed by atoms with E-state index >= 15 is 0 Å². The topological polar surface area (TPSA) is 81.1 Å². The maximum atomic E-state index is 12.1. The second kappa shape index (κ2) is 7.65. The third-order valence-corrected chi connectivity index (χ3v) is 4.58. The van der Waals surface area contributed by atoms with Crippen molar-refractivity contribution in [1.82, 2.24) is 20.1 Å². The predicted octanol–water partition coefficient (Wildman–Crippen LogP) is 1.92. The van der Waals surface area contributed by atoms with Crippen molar-refractivity contribution in [2.24, 2.45) is 7.05 Å². The molecule has 2 N–H and O–H groups in total. The second-order valence-corrected chi connectivity index (χ2v) is 6.52. The zero-order valence-corrected chi connectivity index (χ0v) is 15.0. The van der Waals surface area contributed by atoms with Crippen LogP contribution < -0.4 is 15.4 Å². The fraction of sp³-hybridized carbons (Fsp3) is 0.500. The van der Waals surface area contributed by atoms with E-state index in [4.69, 9.17) is 4.74 Å². The maximum absolute atomic E-state index is 12.1. The molecular formula is C18H25N5O2. The van der Waals surface area contributed by atoms with Gasteiger partial charge in [-0.25, -0.2) is 4.68 Å². The maximum Gasteiger partial charge on any atom is 0.264 e. The number of hydrogen-bond acceptors (Lipinski definition) is 5. The summed E-state index contributed by atoms with van der Waals surface area (Å²) in [5.41, 5.74) is 2.33. The standard InChI is InChI=1S/C18H25N5O2/c1-12-4-5-15(10-13(12)2)25-11-16(24)20-18-21-17(22-23(18)3)14-6-8-19-9-7-14/h4-5,10,14,19H,6-9,11H2,1-3H3,(H,20,21,22,24). The molecule has 0 unspecified atom stereocenters. The largest absolute Gasteiger partial charge is 0.484 e. The molecule has 1 aromatic heterocycles. The van der Waals surface area contributed by atoms with E-state index in [1.165, 1.54) is 5.56 Å². The zero-order chi connectivity index (χ0) is 17.8. The number of ether oxygens (including phenoxy) is 1. The Hall–Kier alpha value is -2.41. The highest BCUT2D eigenvalue weighted by Gasteiger charge is 2.21. The van der Waals surface area contributed by atoms with Crippen LogP contribution in [0.2, 0.25) is 0 Å². The molecule has 2 aromatic rings. The summed E-state index contributed by atoms with van der Waals surface area (Å²) < 4.78 is 7.18. The van der Waals surface area contributed by atoms with Crippen molar-refractivity contribution in [3.05, 3.63) is 35.2 Å². The van der Waals surface area contributed by atoms with Crippen LogP contribution in [0.25, 0.3) is 0 Å². The van der Waals surface area contributed by atoms with Gasteiger partial charge in [-0.1, -0.05) is 6.07 Å². The smallest absolute Gasteiger partial charge is 0.264 e. The van der Waals surface area contributed by atoms with E-state index in [-0.39, 0.29) is 12.5 Å². The molecule has 0 bridgehead atoms. The third kappa shape index (κ3) is 4.36. The molecule has 0 radical (unpaired) electrons. The number of nitrogens with one attached hydrogen (secondary N) is 2. The van der Waals surface area contributed by atoms with Crippen molar-refractivity contribution in [1.29, 1.82) is 0 Å². The Morgan fingerprint density at radius 3 is 2.80 bits per heavy atom. The summed E-state index contributed by atoms with van der Waals surface area (Å²) in [6.45, 7) is 5.96. The zero-order valence-electron chi connectivity index (χ0n) is 15.0. The van der Waals surface area contributed by atoms with Gasteiger partial charge in [0.15, 0.2) is 12.4 Å². The molecule has 2 heterocycles. The van der Waals surface area contributed by atoms with Gasteiger partial charge in [0, 0.05) is 13.0 Å². The normalized spacial score (nSPS) is 15.2. The highest BCUT2D eigenvalue weighted by molar-refractivity contribution is 5.90. The van der Waals surface area contributed by atoms with Crippen molar-refractivity contribution in [2.45, 2.75) is 32.6 Å². The molecule has 1 amide bonds. The Morgan fingerprint density at radius 2 is 2.08 bits per heavy atom. The fourth-order valence-electron chi connectivity index (χ4n) is 2.88. The van der Waals surface area contributed by atoms with Crippen LogP contribution in [-0.2, 0) is 11.8 Å². The van der Waals surface area contributed by atoms with Crippen molar-refractivity contribution < 1.29 is 9.53 Å². The molecule has 0 saturated carbocycles. The second-order valence-electron chi connectivity index (χ2n) is 6.52. The van der Waals surface area contributed by atoms with E-state index in [9.17, 15) is 4.79 Å². The molecule has 25 heavy (non-hydrogen) atoms. The quantitative estimate of drug-likeness (QED) is 0.867. The number of carbonyl (C=O) groups excluding carboxylic acids is 1. The molecule has 134 valence electrons. The van der Waals surface area contributed by atoms with E-state index < -0.39 is 0 Å². The van der Waals surface area contributed by atoms with Crippen molar-refractivity contribution >= 4 is 11.9 Å². The SMILES string of the molecule is Cc1ccc(OCC(=O)Nc2nc(C3CCNCC3)nn2C)cc1C. The van der Waals surface area contributed by atoms with Crippen LogP contribution in [0.4, 0.5) is 5.95 Å². The molecular weight excluding hydrogens is 318 g/mol. The number of rotatable bonds is 5. The summed E-state index contributed by atoms with van der Waals surface area (Å²) in [7, 11) is 1.79. The molecule has 1 aliphatic rings. The van der Waals surface area contributed by atoms with Crippen LogP contribution in [0.1, 0.15) is 35.7 Å². The molecule has 1 fully saturated rings. The molecule has 7 heteroatoms. The van der Waals surface area contributed by atoms with Gasteiger partial charge in [-0.3, -0.25) is 10.1 Å². The molecule has 7 nitrogen and oxygen atoms in total. The molecule has 3 rings (SSSR count). The number of benzene rings is 1. The lowest BCUT2D eigenvalue weighted by atomic mass is 9.98. The first-order valence-corrected chi connectivity index (χ1v) is 8.64. The van der Waals surface area contributed by atoms with Crippen LogP contribution in [0.5, 0.6) is 5.75 Å². The number of aryl methyl sites for hydroxylation is 3. The summed E-state index contributed by atoms with van der Waals surface area (Å²) in [4.78, 5) is 16.6. The number of aromatic nitrogens is 3. The first kappa shape index (κ1) is 17.4. The highest BCUT2D eigenvalue weighted by Crippen LogP contribution is 2.23. The van der Waals surface area contributed by atoms with Gasteiger partial charge in [0.1, 0.15) is 5.75 Å². The molecule has 1 aliphatic heterocycles. The van der Waals surface area contributed by atoms with Gasteiger partial charge in [0.05, 0.1) is 0 Å². The average Bonchev–Trinajstić information content (AvgIpc) is 2.97. The summed E-state index contributed by atoms with van der Waals surface area (Å²) in [6.07, 6.45) is 2.04. The van der Waals surface area contributed by atoms with Crippen LogP contribution in [0.15, 0.2) is 18.2 Å². The van der Waals surface area contributed by atoms with Gasteiger partial charge in [0.25, 0.3) is 5.91 Å². The van der Waals surface area contributed by atoms with Gasteiger partial charge in [-0.05, 0) is 63.0 Å². The minimum atomic E-state index is -0.245. The minimum absolute atomic E-state index is 0.0575. The Labute approximate surface area is 147 Å². The molecule has 0 spiro atoms. The molecule has 0 atom stereocenters. The van der Waals surface area contributed by atoms with Gasteiger partial charge < -0.3 is 10.1 Å². The van der Waals surface area contributed by atoms with Crippen molar-refractivity contribution in [3.8, 4) is 5.75 Å². The van der Waals surface area contributed by atoms with E-state index in [1.807, 2.05) is 32.0 Å². The molecule has 0 aliphatic carbocycles. The van der Waals surface area contributed by atoms with Gasteiger partial charge in [-0.2, -0.15) is 10.1 Å². The summed E-state index contributed by atoms with van der Waals surface area (Å²) in [5.74, 6) is 2.05. The van der Waals surface area contributed by atoms with E-state index in [2.05, 4.69) is 20.7 Å². The lowest BCUT2D eigenvalue weighted by molar-refractivity contribution is -0.118. The number of anilines is 1. The summed E-state index contributed by atoms with van der Waals surface area (Å²) in [6, 6.07) is 5.78. The van der Waals surface area contributed by atoms with Crippen LogP contribution in [0, 0.1) is 13.8 Å².